The van der Waals surface area contributed by atoms with Crippen LogP contribution < -0.4 is 0 Å². The van der Waals surface area contributed by atoms with E-state index < -0.39 is 28.4 Å². The van der Waals surface area contributed by atoms with Gasteiger partial charge in [-0.1, -0.05) is 195 Å². The van der Waals surface area contributed by atoms with Crippen LogP contribution in [0.4, 0.5) is 26.3 Å². The molecule has 15 aromatic rings. The van der Waals surface area contributed by atoms with E-state index in [1.165, 1.54) is 56.8 Å². The Hall–Kier alpha value is -8.43. The Kier molecular flexibility index (Phi) is 22.7. The summed E-state index contributed by atoms with van der Waals surface area (Å²) in [4.78, 5) is 22.4. The van der Waals surface area contributed by atoms with E-state index >= 15 is 0 Å². The number of hydrogen-bond acceptors (Lipinski definition) is 6. The predicted molar refractivity (Wildman–Crippen MR) is 400 cm³/mol. The zero-order valence-corrected chi connectivity index (χ0v) is 72.6. The average Bonchev–Trinajstić information content (AvgIpc) is 0.748. The molecule has 20 rings (SSSR count). The van der Waals surface area contributed by atoms with Crippen molar-refractivity contribution >= 4 is 53.9 Å². The summed E-state index contributed by atoms with van der Waals surface area (Å²) in [6.07, 6.45) is 8.78. The molecule has 17 heteroatoms. The summed E-state index contributed by atoms with van der Waals surface area (Å²) in [7, 11) is 0. The second kappa shape index (κ2) is 30.3. The van der Waals surface area contributed by atoms with Gasteiger partial charge in [-0.25, -0.2) is 17.6 Å². The molecule has 0 bridgehead atoms. The largest absolute Gasteiger partial charge is 0.304 e. The Balaban J connectivity index is 0.000000134. The van der Waals surface area contributed by atoms with Crippen LogP contribution in [0.2, 0.25) is 0 Å². The smallest absolute Gasteiger partial charge is 0.267 e. The summed E-state index contributed by atoms with van der Waals surface area (Å²) < 4.78 is 85.9. The van der Waals surface area contributed by atoms with Gasteiger partial charge in [0.15, 0.2) is 0 Å². The molecule has 0 fully saturated rings. The summed E-state index contributed by atoms with van der Waals surface area (Å²) in [6.45, 7) is 23.1. The number of rotatable bonds is 0. The first-order chi connectivity index (χ1) is 49.8. The number of aryl methyl sites for hydroxylation is 2. The van der Waals surface area contributed by atoms with Crippen molar-refractivity contribution in [2.45, 2.75) is 104 Å². The first-order valence-electron chi connectivity index (χ1n) is 34.4. The number of hydrogen-bond donors (Lipinski definition) is 0. The quantitative estimate of drug-likeness (QED) is 0.111. The third-order valence-electron chi connectivity index (χ3n) is 22.0. The van der Waals surface area contributed by atoms with Gasteiger partial charge < -0.3 is 24.9 Å². The number of pyridine rings is 5. The zero-order valence-electron chi connectivity index (χ0n) is 60.6. The first-order valence-corrected chi connectivity index (χ1v) is 34.4. The van der Waals surface area contributed by atoms with Crippen LogP contribution in [-0.4, -0.2) is 24.9 Å². The van der Waals surface area contributed by atoms with Crippen molar-refractivity contribution in [2.24, 2.45) is 0 Å². The van der Waals surface area contributed by atoms with Gasteiger partial charge in [0.2, 0.25) is 0 Å². The van der Waals surface area contributed by atoms with E-state index in [9.17, 15) is 31.6 Å². The van der Waals surface area contributed by atoms with Crippen LogP contribution in [0.25, 0.3) is 110 Å². The van der Waals surface area contributed by atoms with E-state index in [2.05, 4.69) is 165 Å². The van der Waals surface area contributed by atoms with E-state index in [4.69, 9.17) is 0 Å². The van der Waals surface area contributed by atoms with Crippen LogP contribution >= 0.6 is 0 Å². The molecule has 0 spiro atoms. The van der Waals surface area contributed by atoms with Crippen molar-refractivity contribution < 1.29 is 127 Å². The number of nitrogens with zero attached hydrogens (tertiary/aromatic N) is 6. The van der Waals surface area contributed by atoms with Gasteiger partial charge >= 0.3 is 0 Å². The molecule has 109 heavy (non-hydrogen) atoms. The van der Waals surface area contributed by atoms with Gasteiger partial charge in [-0.2, -0.15) is 5.26 Å². The fraction of sp³-hybridized carbons (Fsp3) is 0.174. The zero-order chi connectivity index (χ0) is 72.8. The number of benzene rings is 10. The van der Waals surface area contributed by atoms with E-state index in [-0.39, 0.29) is 145 Å². The molecule has 0 saturated carbocycles. The third kappa shape index (κ3) is 12.9. The van der Waals surface area contributed by atoms with Crippen molar-refractivity contribution in [1.82, 2.24) is 24.9 Å². The van der Waals surface area contributed by atoms with Crippen molar-refractivity contribution in [3.63, 3.8) is 0 Å². The molecule has 5 radical (unpaired) electrons. The summed E-state index contributed by atoms with van der Waals surface area (Å²) in [5, 5.41) is 19.8. The average molecular weight is 2330 g/mol. The molecule has 5 aliphatic carbocycles. The van der Waals surface area contributed by atoms with E-state index in [1.54, 1.807) is 62.0 Å². The number of alkyl halides is 2. The van der Waals surface area contributed by atoms with Gasteiger partial charge in [-0.05, 0) is 157 Å². The standard InChI is InChI=1S/C20H18N.C19H12FN2.C19H15FN.C18H13FN.C16H7F3N.5Ir/c1-12-8-9-15-18(13(12)2)20(3,4)16-7-5-6-14-10-11-21-19(15)17(14)16;1-19(2)14-5-3-4-11-8-9-22-18(16(11)14)12-6-7-15(20)13(10-21)17(12)19;1-11-7-8-13-16(17(11)20)19(2,3)14-6-4-5-12-9-10-21-18(13)15(12)14;1-18(2)13-7-3-5-11-9-10-20-17(15(11)13)12-6-4-8-14(19)16(12)18;17-10-4-5-11-13(8-10)16(18,19)12-3-1-2-9-6-7-20-15(11)14(9)12;;;;;/h5-8,10-11H,1-4H3;3-5,7-9H,1-2H3;4-7,9-10H,1-3H3;3-5,7-10H,1-2H3;1-4,6-8H;;;;;/q5*-1;;;;;. The second-order valence-electron chi connectivity index (χ2n) is 29.3. The van der Waals surface area contributed by atoms with Crippen LogP contribution in [0.3, 0.4) is 0 Å². The Morgan fingerprint density at radius 2 is 0.688 bits per heavy atom. The molecule has 555 valence electrons. The molecular formula is C92H65F6Ir5N6-5. The predicted octanol–water partition coefficient (Wildman–Crippen LogP) is 22.9. The molecule has 10 aromatic carbocycles. The maximum absolute atomic E-state index is 14.8. The number of fused-ring (bicyclic) bond motifs is 10. The van der Waals surface area contributed by atoms with Gasteiger partial charge in [0.1, 0.15) is 0 Å². The van der Waals surface area contributed by atoms with Gasteiger partial charge in [0, 0.05) is 160 Å². The molecule has 0 aliphatic heterocycles. The molecule has 0 N–H and O–H groups in total. The molecule has 0 saturated heterocycles. The van der Waals surface area contributed by atoms with Gasteiger partial charge in [0.05, 0.1) is 11.9 Å². The molecule has 5 aromatic heterocycles. The first kappa shape index (κ1) is 81.6. The SMILES string of the molecule is CC1(C)c2c([c-]cc(F)c2C#N)-c2nccc3cccc1c23.CC1(C)c2c([c-]ccc2F)-c2nccc3cccc1c23.Cc1c[c-]c2c(c1C)C(C)(C)c1cccc3ccnc-2c13.Cc1c[c-]c2c(c1F)C(C)(C)c1cccc3ccnc-2c13.Fc1c[c-]c2c(c1)C(F)(F)c1cccc3ccnc-2c13.[Ir].[Ir].[Ir].[Ir].[Ir]. The topological polar surface area (TPSA) is 88.2 Å². The monoisotopic (exact) mass is 2330 g/mol. The fourth-order valence-electron chi connectivity index (χ4n) is 16.9. The Morgan fingerprint density at radius 1 is 0.349 bits per heavy atom. The molecule has 5 heterocycles. The van der Waals surface area contributed by atoms with Crippen LogP contribution in [0.5, 0.6) is 0 Å². The van der Waals surface area contributed by atoms with Gasteiger partial charge in [0.25, 0.3) is 5.92 Å². The summed E-state index contributed by atoms with van der Waals surface area (Å²) >= 11 is 0. The maximum atomic E-state index is 14.8. The van der Waals surface area contributed by atoms with E-state index in [1.807, 2.05) is 74.6 Å². The van der Waals surface area contributed by atoms with Crippen LogP contribution in [-0.2, 0) is 128 Å². The van der Waals surface area contributed by atoms with Crippen LogP contribution in [0, 0.1) is 85.7 Å². The molecule has 0 atom stereocenters. The van der Waals surface area contributed by atoms with Crippen LogP contribution in [0.1, 0.15) is 133 Å². The Morgan fingerprint density at radius 3 is 1.13 bits per heavy atom. The van der Waals surface area contributed by atoms with Gasteiger partial charge in [-0.15, -0.1) is 117 Å². The second-order valence-corrected chi connectivity index (χ2v) is 29.3. The van der Waals surface area contributed by atoms with Crippen molar-refractivity contribution in [3.05, 3.63) is 326 Å². The molecule has 0 unspecified atom stereocenters. The van der Waals surface area contributed by atoms with Crippen molar-refractivity contribution in [1.29, 1.82) is 5.26 Å². The van der Waals surface area contributed by atoms with E-state index in [0.29, 0.717) is 38.7 Å². The van der Waals surface area contributed by atoms with Gasteiger partial charge in [-0.3, -0.25) is 8.78 Å². The summed E-state index contributed by atoms with van der Waals surface area (Å²) in [5.74, 6) is -4.82. The summed E-state index contributed by atoms with van der Waals surface area (Å²) in [6, 6.07) is 67.1. The molecule has 5 aliphatic rings. The van der Waals surface area contributed by atoms with Crippen molar-refractivity contribution in [2.75, 3.05) is 0 Å². The minimum atomic E-state index is -3.25. The van der Waals surface area contributed by atoms with Crippen molar-refractivity contribution in [3.8, 4) is 62.4 Å². The summed E-state index contributed by atoms with van der Waals surface area (Å²) in [5.41, 5.74) is 17.4. The minimum absolute atomic E-state index is 0. The normalized spacial score (nSPS) is 14.3. The maximum Gasteiger partial charge on any atom is 0.267 e. The number of nitriles is 1. The molecule has 6 nitrogen and oxygen atoms in total. The third-order valence-corrected chi connectivity index (χ3v) is 22.0. The minimum Gasteiger partial charge on any atom is -0.304 e. The number of aromatic nitrogens is 5. The number of halogens is 6. The molecular weight excluding hydrogens is 2260 g/mol. The Bertz CT molecular complexity index is 6070. The fourth-order valence-corrected chi connectivity index (χ4v) is 16.9. The molecule has 0 amide bonds. The van der Waals surface area contributed by atoms with Crippen LogP contribution in [0.15, 0.2) is 195 Å². The van der Waals surface area contributed by atoms with E-state index in [0.717, 1.165) is 101 Å². The Labute approximate surface area is 696 Å².